The summed E-state index contributed by atoms with van der Waals surface area (Å²) in [6.45, 7) is -0.0729. The number of nitro benzene ring substituents is 1. The number of hydrogen-bond donors (Lipinski definition) is 1. The van der Waals surface area contributed by atoms with Gasteiger partial charge < -0.3 is 4.57 Å². The Morgan fingerprint density at radius 3 is 2.38 bits per heavy atom. The third-order valence-electron chi connectivity index (χ3n) is 6.23. The Balaban J connectivity index is 1.21. The molecule has 2 heterocycles. The lowest BCUT2D eigenvalue weighted by Gasteiger charge is -2.14. The SMILES string of the molecule is O=C(Cn1c2ccccc2c(=O)c2ccccc21)N/N=C\c1ccc(Sc2nc3ccccc3s2)c([N+](=O)[O-])c1. The molecule has 0 atom stereocenters. The molecule has 4 aromatic carbocycles. The number of hydrogen-bond acceptors (Lipinski definition) is 8. The van der Waals surface area contributed by atoms with Gasteiger partial charge >= 0.3 is 0 Å². The number of para-hydroxylation sites is 3. The van der Waals surface area contributed by atoms with Crippen LogP contribution < -0.4 is 10.9 Å². The van der Waals surface area contributed by atoms with E-state index < -0.39 is 10.8 Å². The van der Waals surface area contributed by atoms with Crippen molar-refractivity contribution in [2.24, 2.45) is 5.10 Å². The molecular formula is C29H19N5O4S2. The van der Waals surface area contributed by atoms with Crippen LogP contribution in [0.25, 0.3) is 32.0 Å². The van der Waals surface area contributed by atoms with Gasteiger partial charge in [0, 0.05) is 22.4 Å². The smallest absolute Gasteiger partial charge is 0.283 e. The van der Waals surface area contributed by atoms with E-state index >= 15 is 0 Å². The van der Waals surface area contributed by atoms with Crippen LogP contribution in [0.1, 0.15) is 5.56 Å². The van der Waals surface area contributed by atoms with Gasteiger partial charge in [-0.1, -0.05) is 54.2 Å². The number of thiazole rings is 1. The van der Waals surface area contributed by atoms with Crippen molar-refractivity contribution in [3.63, 3.8) is 0 Å². The number of nitrogens with one attached hydrogen (secondary N) is 1. The fraction of sp³-hybridized carbons (Fsp3) is 0.0345. The molecule has 0 aliphatic heterocycles. The summed E-state index contributed by atoms with van der Waals surface area (Å²) in [5.41, 5.74) is 4.91. The molecular weight excluding hydrogens is 546 g/mol. The Morgan fingerprint density at radius 1 is 1.00 bits per heavy atom. The minimum Gasteiger partial charge on any atom is -0.331 e. The summed E-state index contributed by atoms with van der Waals surface area (Å²) in [6.07, 6.45) is 1.36. The first-order valence-electron chi connectivity index (χ1n) is 12.1. The molecule has 0 bridgehead atoms. The normalized spacial score (nSPS) is 11.5. The Kier molecular flexibility index (Phi) is 6.81. The Hall–Kier alpha value is -4.87. The molecule has 9 nitrogen and oxygen atoms in total. The average Bonchev–Trinajstić information content (AvgIpc) is 3.38. The standard InChI is InChI=1S/C29H19N5O4S2/c35-27(17-33-22-10-4-1-7-19(22)28(36)20-8-2-5-11-23(20)33)32-30-16-18-13-14-26(24(15-18)34(37)38)40-29-31-21-9-3-6-12-25(21)39-29/h1-16H,17H2,(H,32,35)/b30-16-. The number of carbonyl (C=O) groups excluding carboxylic acids is 1. The minimum atomic E-state index is -0.446. The minimum absolute atomic E-state index is 0.0729. The molecule has 0 spiro atoms. The van der Waals surface area contributed by atoms with Crippen molar-refractivity contribution >= 4 is 72.9 Å². The lowest BCUT2D eigenvalue weighted by atomic mass is 10.1. The molecule has 0 radical (unpaired) electrons. The highest BCUT2D eigenvalue weighted by atomic mass is 32.2. The lowest BCUT2D eigenvalue weighted by molar-refractivity contribution is -0.387. The number of amides is 1. The first-order valence-corrected chi connectivity index (χ1v) is 13.8. The molecule has 0 aliphatic rings. The summed E-state index contributed by atoms with van der Waals surface area (Å²) in [6, 6.07) is 26.7. The molecule has 1 amide bonds. The average molecular weight is 566 g/mol. The maximum atomic E-state index is 12.9. The number of benzene rings is 4. The fourth-order valence-electron chi connectivity index (χ4n) is 4.44. The highest BCUT2D eigenvalue weighted by molar-refractivity contribution is 8.01. The molecule has 2 aromatic heterocycles. The number of rotatable bonds is 7. The van der Waals surface area contributed by atoms with Gasteiger partial charge in [-0.25, -0.2) is 10.4 Å². The van der Waals surface area contributed by atoms with Gasteiger partial charge in [0.05, 0.1) is 37.3 Å². The molecule has 11 heteroatoms. The van der Waals surface area contributed by atoms with Crippen LogP contribution in [-0.4, -0.2) is 26.6 Å². The van der Waals surface area contributed by atoms with Crippen LogP contribution in [-0.2, 0) is 11.3 Å². The highest BCUT2D eigenvalue weighted by Crippen LogP contribution is 2.38. The van der Waals surface area contributed by atoms with Crippen molar-refractivity contribution in [1.29, 1.82) is 0 Å². The van der Waals surface area contributed by atoms with Crippen molar-refractivity contribution in [3.05, 3.63) is 117 Å². The van der Waals surface area contributed by atoms with E-state index in [2.05, 4.69) is 15.5 Å². The van der Waals surface area contributed by atoms with Gasteiger partial charge in [-0.05, 0) is 42.5 Å². The van der Waals surface area contributed by atoms with Gasteiger partial charge in [0.2, 0.25) is 0 Å². The molecule has 0 fully saturated rings. The van der Waals surface area contributed by atoms with Gasteiger partial charge in [0.15, 0.2) is 9.77 Å². The summed E-state index contributed by atoms with van der Waals surface area (Å²) >= 11 is 2.71. The number of hydrazone groups is 1. The first-order chi connectivity index (χ1) is 19.5. The molecule has 196 valence electrons. The topological polar surface area (TPSA) is 119 Å². The molecule has 1 N–H and O–H groups in total. The van der Waals surface area contributed by atoms with Gasteiger partial charge in [-0.15, -0.1) is 11.3 Å². The van der Waals surface area contributed by atoms with E-state index in [1.54, 1.807) is 53.1 Å². The van der Waals surface area contributed by atoms with E-state index in [0.717, 1.165) is 10.2 Å². The predicted molar refractivity (Wildman–Crippen MR) is 158 cm³/mol. The van der Waals surface area contributed by atoms with Gasteiger partial charge in [-0.3, -0.25) is 19.7 Å². The van der Waals surface area contributed by atoms with Crippen LogP contribution in [0.4, 0.5) is 5.69 Å². The fourth-order valence-corrected chi connectivity index (χ4v) is 6.55. The van der Waals surface area contributed by atoms with Crippen molar-refractivity contribution < 1.29 is 9.72 Å². The zero-order chi connectivity index (χ0) is 27.6. The number of carbonyl (C=O) groups is 1. The summed E-state index contributed by atoms with van der Waals surface area (Å²) in [5.74, 6) is -0.410. The Morgan fingerprint density at radius 2 is 1.68 bits per heavy atom. The maximum absolute atomic E-state index is 12.9. The second kappa shape index (κ2) is 10.7. The maximum Gasteiger partial charge on any atom is 0.283 e. The zero-order valence-corrected chi connectivity index (χ0v) is 22.3. The predicted octanol–water partition coefficient (Wildman–Crippen LogP) is 5.97. The molecule has 0 aliphatic carbocycles. The first kappa shape index (κ1) is 25.4. The van der Waals surface area contributed by atoms with Crippen molar-refractivity contribution in [1.82, 2.24) is 15.0 Å². The van der Waals surface area contributed by atoms with E-state index in [1.165, 1.54) is 35.4 Å². The number of pyridine rings is 1. The van der Waals surface area contributed by atoms with Crippen LogP contribution in [0.2, 0.25) is 0 Å². The Labute approximate surface area is 234 Å². The molecule has 6 aromatic rings. The van der Waals surface area contributed by atoms with Crippen LogP contribution in [0.15, 0.2) is 110 Å². The Bertz CT molecular complexity index is 1940. The highest BCUT2D eigenvalue weighted by Gasteiger charge is 2.18. The third kappa shape index (κ3) is 4.95. The van der Waals surface area contributed by atoms with Crippen LogP contribution in [0, 0.1) is 10.1 Å². The van der Waals surface area contributed by atoms with Crippen LogP contribution >= 0.6 is 23.1 Å². The van der Waals surface area contributed by atoms with E-state index in [0.29, 0.717) is 36.6 Å². The van der Waals surface area contributed by atoms with Crippen molar-refractivity contribution in [3.8, 4) is 0 Å². The summed E-state index contributed by atoms with van der Waals surface area (Å²) in [5, 5.41) is 16.9. The number of fused-ring (bicyclic) bond motifs is 3. The van der Waals surface area contributed by atoms with Gasteiger partial charge in [0.1, 0.15) is 6.54 Å². The summed E-state index contributed by atoms with van der Waals surface area (Å²) < 4.78 is 3.49. The number of nitrogens with zero attached hydrogens (tertiary/aromatic N) is 4. The van der Waals surface area contributed by atoms with E-state index in [-0.39, 0.29) is 17.7 Å². The second-order valence-electron chi connectivity index (χ2n) is 8.78. The quantitative estimate of drug-likeness (QED) is 0.110. The summed E-state index contributed by atoms with van der Waals surface area (Å²) in [7, 11) is 0. The molecule has 40 heavy (non-hydrogen) atoms. The zero-order valence-electron chi connectivity index (χ0n) is 20.7. The monoisotopic (exact) mass is 565 g/mol. The van der Waals surface area contributed by atoms with E-state index in [9.17, 15) is 19.7 Å². The lowest BCUT2D eigenvalue weighted by Crippen LogP contribution is -2.25. The van der Waals surface area contributed by atoms with Crippen LogP contribution in [0.3, 0.4) is 0 Å². The molecule has 0 saturated heterocycles. The van der Waals surface area contributed by atoms with E-state index in [4.69, 9.17) is 0 Å². The number of nitro groups is 1. The summed E-state index contributed by atoms with van der Waals surface area (Å²) in [4.78, 5) is 42.1. The van der Waals surface area contributed by atoms with Gasteiger partial charge in [-0.2, -0.15) is 5.10 Å². The third-order valence-corrected chi connectivity index (χ3v) is 8.40. The van der Waals surface area contributed by atoms with Crippen molar-refractivity contribution in [2.45, 2.75) is 15.8 Å². The van der Waals surface area contributed by atoms with Crippen molar-refractivity contribution in [2.75, 3.05) is 0 Å². The largest absolute Gasteiger partial charge is 0.331 e. The molecule has 0 saturated carbocycles. The van der Waals surface area contributed by atoms with Gasteiger partial charge in [0.25, 0.3) is 11.6 Å². The molecule has 0 unspecified atom stereocenters. The van der Waals surface area contributed by atoms with E-state index in [1.807, 2.05) is 36.4 Å². The molecule has 6 rings (SSSR count). The van der Waals surface area contributed by atoms with Crippen LogP contribution in [0.5, 0.6) is 0 Å². The second-order valence-corrected chi connectivity index (χ2v) is 11.1. The number of aromatic nitrogens is 2.